The van der Waals surface area contributed by atoms with Crippen LogP contribution in [0, 0.1) is 0 Å². The lowest BCUT2D eigenvalue weighted by molar-refractivity contribution is 0.101. The van der Waals surface area contributed by atoms with Gasteiger partial charge in [-0.3, -0.25) is 15.1 Å². The number of nitrogens with zero attached hydrogens (tertiary/aromatic N) is 3. The van der Waals surface area contributed by atoms with Crippen molar-refractivity contribution in [3.8, 4) is 0 Å². The van der Waals surface area contributed by atoms with Crippen molar-refractivity contribution in [2.24, 2.45) is 0 Å². The minimum atomic E-state index is -0.168. The molecule has 0 aromatic carbocycles. The zero-order valence-electron chi connectivity index (χ0n) is 14.7. The van der Waals surface area contributed by atoms with Crippen molar-refractivity contribution in [2.45, 2.75) is 25.5 Å². The normalized spacial score (nSPS) is 16.8. The van der Waals surface area contributed by atoms with Crippen molar-refractivity contribution in [1.82, 2.24) is 14.5 Å². The van der Waals surface area contributed by atoms with E-state index in [0.29, 0.717) is 17.4 Å². The third kappa shape index (κ3) is 4.50. The van der Waals surface area contributed by atoms with Gasteiger partial charge in [0.2, 0.25) is 0 Å². The molecule has 1 fully saturated rings. The molecule has 1 aliphatic rings. The predicted octanol–water partition coefficient (Wildman–Crippen LogP) is 3.83. The molecule has 0 radical (unpaired) electrons. The number of carbonyl (C=O) groups excluding carboxylic acids is 1. The molecule has 3 aromatic heterocycles. The first-order valence-electron chi connectivity index (χ1n) is 8.89. The number of hydrogen-bond donors (Lipinski definition) is 1. The Labute approximate surface area is 161 Å². The number of hydrogen-bond acceptors (Lipinski definition) is 5. The lowest BCUT2D eigenvalue weighted by Gasteiger charge is -2.08. The Morgan fingerprint density at radius 2 is 2.26 bits per heavy atom. The van der Waals surface area contributed by atoms with Gasteiger partial charge in [0.05, 0.1) is 11.8 Å². The summed E-state index contributed by atoms with van der Waals surface area (Å²) in [7, 11) is 0. The quantitative estimate of drug-likeness (QED) is 0.706. The number of nitrogens with one attached hydrogen (secondary N) is 1. The van der Waals surface area contributed by atoms with E-state index in [4.69, 9.17) is 4.74 Å². The van der Waals surface area contributed by atoms with E-state index in [0.717, 1.165) is 30.7 Å². The van der Waals surface area contributed by atoms with Gasteiger partial charge in [0.25, 0.3) is 5.91 Å². The van der Waals surface area contributed by atoms with Gasteiger partial charge in [-0.05, 0) is 48.7 Å². The highest BCUT2D eigenvalue weighted by atomic mass is 32.1. The van der Waals surface area contributed by atoms with Gasteiger partial charge in [0, 0.05) is 37.1 Å². The number of ether oxygens (including phenoxy) is 1. The molecule has 7 heteroatoms. The summed E-state index contributed by atoms with van der Waals surface area (Å²) in [6.45, 7) is 1.44. The van der Waals surface area contributed by atoms with Crippen LogP contribution in [0.15, 0.2) is 54.3 Å². The molecule has 1 atom stereocenters. The number of carbonyl (C=O) groups is 1. The molecule has 27 heavy (non-hydrogen) atoms. The third-order valence-corrected chi connectivity index (χ3v) is 5.13. The maximum Gasteiger partial charge on any atom is 0.274 e. The van der Waals surface area contributed by atoms with Gasteiger partial charge in [-0.15, -0.1) is 11.3 Å². The van der Waals surface area contributed by atoms with Crippen molar-refractivity contribution in [2.75, 3.05) is 11.9 Å². The molecule has 4 heterocycles. The Balaban J connectivity index is 1.40. The van der Waals surface area contributed by atoms with E-state index in [-0.39, 0.29) is 12.0 Å². The maximum atomic E-state index is 12.6. The zero-order valence-corrected chi connectivity index (χ0v) is 15.6. The fourth-order valence-electron chi connectivity index (χ4n) is 2.98. The average molecular weight is 380 g/mol. The Hall–Kier alpha value is -2.77. The lowest BCUT2D eigenvalue weighted by Crippen LogP contribution is -2.17. The molecule has 4 rings (SSSR count). The highest BCUT2D eigenvalue weighted by molar-refractivity contribution is 7.14. The summed E-state index contributed by atoms with van der Waals surface area (Å²) < 4.78 is 7.48. The molecular formula is C20H20N4O2S. The number of anilines is 1. The number of rotatable bonds is 6. The van der Waals surface area contributed by atoms with Gasteiger partial charge in [0.15, 0.2) is 5.13 Å². The smallest absolute Gasteiger partial charge is 0.274 e. The highest BCUT2D eigenvalue weighted by Gasteiger charge is 2.14. The van der Waals surface area contributed by atoms with Crippen LogP contribution in [0.5, 0.6) is 0 Å². The van der Waals surface area contributed by atoms with Crippen molar-refractivity contribution >= 4 is 28.5 Å². The van der Waals surface area contributed by atoms with E-state index >= 15 is 0 Å². The van der Waals surface area contributed by atoms with Crippen LogP contribution in [0.2, 0.25) is 0 Å². The highest BCUT2D eigenvalue weighted by Crippen LogP contribution is 2.20. The Bertz CT molecular complexity index is 926. The lowest BCUT2D eigenvalue weighted by atomic mass is 10.2. The molecule has 0 saturated carbocycles. The maximum absolute atomic E-state index is 12.6. The van der Waals surface area contributed by atoms with Crippen molar-refractivity contribution in [1.29, 1.82) is 0 Å². The average Bonchev–Trinajstić information content (AvgIpc) is 3.43. The van der Waals surface area contributed by atoms with Gasteiger partial charge < -0.3 is 9.30 Å². The Kier molecular flexibility index (Phi) is 5.41. The zero-order chi connectivity index (χ0) is 18.5. The first-order valence-corrected chi connectivity index (χ1v) is 9.76. The topological polar surface area (TPSA) is 69.0 Å². The van der Waals surface area contributed by atoms with Crippen molar-refractivity contribution in [3.63, 3.8) is 0 Å². The second kappa shape index (κ2) is 8.28. The third-order valence-electron chi connectivity index (χ3n) is 4.35. The number of aromatic nitrogens is 3. The SMILES string of the molecule is O=C(Nc1nc(/C=C/[C@H]2CCCO2)cs1)c1cccn1Cc1ccncc1. The fourth-order valence-corrected chi connectivity index (χ4v) is 3.66. The molecule has 0 aliphatic carbocycles. The van der Waals surface area contributed by atoms with E-state index in [1.54, 1.807) is 12.4 Å². The number of pyridine rings is 1. The summed E-state index contributed by atoms with van der Waals surface area (Å²) in [5.41, 5.74) is 2.52. The molecule has 0 bridgehead atoms. The summed E-state index contributed by atoms with van der Waals surface area (Å²) in [5.74, 6) is -0.168. The molecular weight excluding hydrogens is 360 g/mol. The van der Waals surface area contributed by atoms with Crippen molar-refractivity contribution < 1.29 is 9.53 Å². The molecule has 1 aliphatic heterocycles. The van der Waals surface area contributed by atoms with Gasteiger partial charge in [-0.25, -0.2) is 4.98 Å². The molecule has 138 valence electrons. The van der Waals surface area contributed by atoms with Gasteiger partial charge in [-0.2, -0.15) is 0 Å². The molecule has 0 spiro atoms. The van der Waals surface area contributed by atoms with Crippen LogP contribution < -0.4 is 5.32 Å². The minimum Gasteiger partial charge on any atom is -0.374 e. The van der Waals surface area contributed by atoms with E-state index < -0.39 is 0 Å². The van der Waals surface area contributed by atoms with Crippen LogP contribution in [-0.2, 0) is 11.3 Å². The van der Waals surface area contributed by atoms with Gasteiger partial charge in [0.1, 0.15) is 5.69 Å². The van der Waals surface area contributed by atoms with Crippen LogP contribution in [0.25, 0.3) is 6.08 Å². The summed E-state index contributed by atoms with van der Waals surface area (Å²) in [4.78, 5) is 21.1. The molecule has 1 saturated heterocycles. The van der Waals surface area contributed by atoms with Gasteiger partial charge in [-0.1, -0.05) is 6.08 Å². The molecule has 0 unspecified atom stereocenters. The summed E-state index contributed by atoms with van der Waals surface area (Å²) >= 11 is 1.41. The predicted molar refractivity (Wildman–Crippen MR) is 106 cm³/mol. The number of amides is 1. The van der Waals surface area contributed by atoms with E-state index in [1.165, 1.54) is 11.3 Å². The summed E-state index contributed by atoms with van der Waals surface area (Å²) in [6.07, 6.45) is 11.7. The Morgan fingerprint density at radius 1 is 1.37 bits per heavy atom. The standard InChI is InChI=1S/C20H20N4O2S/c25-19(18-4-1-11-24(18)13-15-7-9-21-10-8-15)23-20-22-16(14-27-20)5-6-17-3-2-12-26-17/h1,4-11,14,17H,2-3,12-13H2,(H,22,23,25)/b6-5+/t17-/m1/s1. The van der Waals surface area contributed by atoms with Crippen LogP contribution in [0.3, 0.4) is 0 Å². The molecule has 3 aromatic rings. The van der Waals surface area contributed by atoms with Crippen molar-refractivity contribution in [3.05, 3.63) is 71.3 Å². The van der Waals surface area contributed by atoms with E-state index in [2.05, 4.69) is 15.3 Å². The largest absolute Gasteiger partial charge is 0.374 e. The first kappa shape index (κ1) is 17.6. The molecule has 1 N–H and O–H groups in total. The van der Waals surface area contributed by atoms with E-state index in [1.807, 2.05) is 52.6 Å². The van der Waals surface area contributed by atoms with Crippen LogP contribution in [0.1, 0.15) is 34.6 Å². The summed E-state index contributed by atoms with van der Waals surface area (Å²) in [6, 6.07) is 7.56. The minimum absolute atomic E-state index is 0.168. The second-order valence-electron chi connectivity index (χ2n) is 6.32. The summed E-state index contributed by atoms with van der Waals surface area (Å²) in [5, 5.41) is 5.40. The molecule has 1 amide bonds. The Morgan fingerprint density at radius 3 is 3.07 bits per heavy atom. The van der Waals surface area contributed by atoms with E-state index in [9.17, 15) is 4.79 Å². The van der Waals surface area contributed by atoms with Crippen LogP contribution in [-0.4, -0.2) is 33.2 Å². The van der Waals surface area contributed by atoms with Crippen LogP contribution >= 0.6 is 11.3 Å². The monoisotopic (exact) mass is 380 g/mol. The van der Waals surface area contributed by atoms with Crippen LogP contribution in [0.4, 0.5) is 5.13 Å². The molecule has 6 nitrogen and oxygen atoms in total. The number of thiazole rings is 1. The second-order valence-corrected chi connectivity index (χ2v) is 7.18. The first-order chi connectivity index (χ1) is 13.3. The fraction of sp³-hybridized carbons (Fsp3) is 0.250. The van der Waals surface area contributed by atoms with Gasteiger partial charge >= 0.3 is 0 Å².